The third-order valence-corrected chi connectivity index (χ3v) is 5.94. The van der Waals surface area contributed by atoms with Crippen LogP contribution < -0.4 is 5.32 Å². The molecular weight excluding hydrogens is 316 g/mol. The molecule has 5 nitrogen and oxygen atoms in total. The number of aromatic nitrogens is 2. The average molecular weight is 343 g/mol. The molecule has 0 aliphatic heterocycles. The van der Waals surface area contributed by atoms with Crippen molar-refractivity contribution in [1.82, 2.24) is 15.1 Å². The van der Waals surface area contributed by atoms with Gasteiger partial charge in [0.25, 0.3) is 0 Å². The fourth-order valence-electron chi connectivity index (χ4n) is 2.70. The van der Waals surface area contributed by atoms with Crippen LogP contribution in [0, 0.1) is 0 Å². The topological polar surface area (TPSA) is 58.1 Å². The summed E-state index contributed by atoms with van der Waals surface area (Å²) in [6.07, 6.45) is 6.07. The Balaban J connectivity index is 1.88. The van der Waals surface area contributed by atoms with Gasteiger partial charge in [-0.1, -0.05) is 42.4 Å². The summed E-state index contributed by atoms with van der Waals surface area (Å²) < 4.78 is 0.848. The van der Waals surface area contributed by atoms with Gasteiger partial charge < -0.3 is 10.2 Å². The van der Waals surface area contributed by atoms with Gasteiger partial charge in [-0.15, -0.1) is 10.2 Å². The van der Waals surface area contributed by atoms with Crippen molar-refractivity contribution in [3.63, 3.8) is 0 Å². The number of nitrogens with one attached hydrogen (secondary N) is 1. The van der Waals surface area contributed by atoms with Crippen LogP contribution >= 0.6 is 23.1 Å². The minimum absolute atomic E-state index is 0.119. The van der Waals surface area contributed by atoms with E-state index in [1.165, 1.54) is 42.4 Å². The van der Waals surface area contributed by atoms with Gasteiger partial charge in [0.2, 0.25) is 11.0 Å². The van der Waals surface area contributed by atoms with Crippen molar-refractivity contribution in [3.8, 4) is 0 Å². The average Bonchev–Trinajstić information content (AvgIpc) is 2.92. The number of hydrogen-bond donors (Lipinski definition) is 1. The lowest BCUT2D eigenvalue weighted by Crippen LogP contribution is -2.42. The zero-order valence-corrected chi connectivity index (χ0v) is 15.5. The van der Waals surface area contributed by atoms with E-state index in [1.807, 2.05) is 18.9 Å². The zero-order chi connectivity index (χ0) is 16.1. The van der Waals surface area contributed by atoms with Gasteiger partial charge in [0.15, 0.2) is 4.34 Å². The van der Waals surface area contributed by atoms with Crippen molar-refractivity contribution in [2.75, 3.05) is 12.4 Å². The molecule has 0 unspecified atom stereocenters. The standard InChI is InChI=1S/C15H26N4OS2/c1-10(2)16-14-17-18-15(22-14)21-11(3)13(20)19(4)12-8-6-5-7-9-12/h10-12H,5-9H2,1-4H3,(H,16,17)/t11-/m1/s1. The molecule has 7 heteroatoms. The summed E-state index contributed by atoms with van der Waals surface area (Å²) in [5.41, 5.74) is 0. The van der Waals surface area contributed by atoms with E-state index in [0.717, 1.165) is 22.3 Å². The fourth-order valence-corrected chi connectivity index (χ4v) is 4.84. The van der Waals surface area contributed by atoms with Crippen molar-refractivity contribution < 1.29 is 4.79 Å². The molecule has 1 saturated carbocycles. The Morgan fingerprint density at radius 3 is 2.59 bits per heavy atom. The summed E-state index contributed by atoms with van der Waals surface area (Å²) in [4.78, 5) is 14.5. The van der Waals surface area contributed by atoms with Gasteiger partial charge in [-0.2, -0.15) is 0 Å². The van der Waals surface area contributed by atoms with Gasteiger partial charge in [-0.3, -0.25) is 4.79 Å². The lowest BCUT2D eigenvalue weighted by Gasteiger charge is -2.32. The Bertz CT molecular complexity index is 486. The summed E-state index contributed by atoms with van der Waals surface area (Å²) in [6.45, 7) is 6.10. The first-order valence-corrected chi connectivity index (χ1v) is 9.70. The van der Waals surface area contributed by atoms with Crippen LogP contribution in [0.15, 0.2) is 4.34 Å². The molecule has 1 aliphatic rings. The molecule has 0 spiro atoms. The van der Waals surface area contributed by atoms with E-state index >= 15 is 0 Å². The van der Waals surface area contributed by atoms with Crippen LogP contribution in [0.1, 0.15) is 52.9 Å². The first-order chi connectivity index (χ1) is 10.5. The number of nitrogens with zero attached hydrogens (tertiary/aromatic N) is 3. The Labute approximate surface area is 141 Å². The molecule has 1 fully saturated rings. The van der Waals surface area contributed by atoms with Gasteiger partial charge in [0.1, 0.15) is 0 Å². The Morgan fingerprint density at radius 2 is 1.95 bits per heavy atom. The molecule has 0 aromatic carbocycles. The summed E-state index contributed by atoms with van der Waals surface area (Å²) >= 11 is 3.02. The Hall–Kier alpha value is -0.820. The van der Waals surface area contributed by atoms with Crippen LogP contribution in [0.2, 0.25) is 0 Å². The molecule has 1 N–H and O–H groups in total. The molecule has 1 aromatic rings. The highest BCUT2D eigenvalue weighted by Crippen LogP contribution is 2.31. The number of carbonyl (C=O) groups is 1. The van der Waals surface area contributed by atoms with Crippen LogP contribution in [-0.4, -0.2) is 45.4 Å². The predicted octanol–water partition coefficient (Wildman–Crippen LogP) is 3.63. The predicted molar refractivity (Wildman–Crippen MR) is 93.6 cm³/mol. The Morgan fingerprint density at radius 1 is 1.27 bits per heavy atom. The van der Waals surface area contributed by atoms with E-state index in [1.54, 1.807) is 0 Å². The van der Waals surface area contributed by atoms with Crippen molar-refractivity contribution in [1.29, 1.82) is 0 Å². The van der Waals surface area contributed by atoms with E-state index in [0.29, 0.717) is 12.1 Å². The van der Waals surface area contributed by atoms with E-state index in [2.05, 4.69) is 29.4 Å². The van der Waals surface area contributed by atoms with Crippen LogP contribution in [0.3, 0.4) is 0 Å². The molecule has 1 aliphatic carbocycles. The van der Waals surface area contributed by atoms with Gasteiger partial charge in [0, 0.05) is 19.1 Å². The summed E-state index contributed by atoms with van der Waals surface area (Å²) in [5, 5.41) is 12.2. The lowest BCUT2D eigenvalue weighted by atomic mass is 9.94. The third-order valence-electron chi connectivity index (χ3n) is 3.91. The molecule has 1 atom stereocenters. The Kier molecular flexibility index (Phi) is 6.50. The zero-order valence-electron chi connectivity index (χ0n) is 13.8. The number of hydrogen-bond acceptors (Lipinski definition) is 6. The fraction of sp³-hybridized carbons (Fsp3) is 0.800. The second kappa shape index (κ2) is 8.15. The number of anilines is 1. The van der Waals surface area contributed by atoms with Crippen LogP contribution in [0.5, 0.6) is 0 Å². The maximum Gasteiger partial charge on any atom is 0.235 e. The van der Waals surface area contributed by atoms with E-state index in [4.69, 9.17) is 0 Å². The highest BCUT2D eigenvalue weighted by molar-refractivity contribution is 8.02. The molecule has 124 valence electrons. The minimum Gasteiger partial charge on any atom is -0.358 e. The molecule has 0 saturated heterocycles. The minimum atomic E-state index is -0.119. The number of rotatable bonds is 6. The molecule has 0 bridgehead atoms. The molecule has 22 heavy (non-hydrogen) atoms. The first kappa shape index (κ1) is 17.5. The van der Waals surface area contributed by atoms with Crippen molar-refractivity contribution in [2.24, 2.45) is 0 Å². The second-order valence-electron chi connectivity index (χ2n) is 6.17. The highest BCUT2D eigenvalue weighted by atomic mass is 32.2. The van der Waals surface area contributed by atoms with Crippen molar-refractivity contribution in [3.05, 3.63) is 0 Å². The number of amides is 1. The maximum atomic E-state index is 12.6. The number of thioether (sulfide) groups is 1. The van der Waals surface area contributed by atoms with Gasteiger partial charge in [0.05, 0.1) is 5.25 Å². The quantitative estimate of drug-likeness (QED) is 0.800. The third kappa shape index (κ3) is 4.84. The molecule has 1 aromatic heterocycles. The normalized spacial score (nSPS) is 17.5. The SMILES string of the molecule is CC(C)Nc1nnc(S[C@H](C)C(=O)N(C)C2CCCCC2)s1. The molecule has 1 amide bonds. The first-order valence-electron chi connectivity index (χ1n) is 8.00. The van der Waals surface area contributed by atoms with E-state index in [-0.39, 0.29) is 11.2 Å². The number of carbonyl (C=O) groups excluding carboxylic acids is 1. The van der Waals surface area contributed by atoms with E-state index < -0.39 is 0 Å². The van der Waals surface area contributed by atoms with Crippen LogP contribution in [-0.2, 0) is 4.79 Å². The van der Waals surface area contributed by atoms with Crippen LogP contribution in [0.25, 0.3) is 0 Å². The summed E-state index contributed by atoms with van der Waals surface area (Å²) in [5.74, 6) is 0.200. The van der Waals surface area contributed by atoms with Gasteiger partial charge in [-0.05, 0) is 33.6 Å². The van der Waals surface area contributed by atoms with Gasteiger partial charge >= 0.3 is 0 Å². The molecule has 2 rings (SSSR count). The smallest absolute Gasteiger partial charge is 0.235 e. The van der Waals surface area contributed by atoms with Crippen molar-refractivity contribution in [2.45, 2.75) is 74.5 Å². The molecule has 0 radical (unpaired) electrons. The van der Waals surface area contributed by atoms with Gasteiger partial charge in [-0.25, -0.2) is 0 Å². The highest BCUT2D eigenvalue weighted by Gasteiger charge is 2.26. The van der Waals surface area contributed by atoms with Crippen molar-refractivity contribution >= 4 is 34.1 Å². The summed E-state index contributed by atoms with van der Waals surface area (Å²) in [6, 6.07) is 0.749. The largest absolute Gasteiger partial charge is 0.358 e. The summed E-state index contributed by atoms with van der Waals surface area (Å²) in [7, 11) is 1.95. The van der Waals surface area contributed by atoms with E-state index in [9.17, 15) is 4.79 Å². The second-order valence-corrected chi connectivity index (χ2v) is 8.74. The monoisotopic (exact) mass is 342 g/mol. The maximum absolute atomic E-state index is 12.6. The lowest BCUT2D eigenvalue weighted by molar-refractivity contribution is -0.131. The molecular formula is C15H26N4OS2. The molecule has 1 heterocycles. The van der Waals surface area contributed by atoms with Crippen LogP contribution in [0.4, 0.5) is 5.13 Å².